The number of benzene rings is 1. The van der Waals surface area contributed by atoms with Crippen LogP contribution in [0.15, 0.2) is 48.1 Å². The first-order chi connectivity index (χ1) is 12.8. The van der Waals surface area contributed by atoms with Crippen molar-refractivity contribution in [3.8, 4) is 22.8 Å². The second-order valence-corrected chi connectivity index (χ2v) is 6.30. The van der Waals surface area contributed by atoms with Gasteiger partial charge in [-0.05, 0) is 13.3 Å². The van der Waals surface area contributed by atoms with E-state index in [2.05, 4.69) is 50.8 Å². The summed E-state index contributed by atoms with van der Waals surface area (Å²) in [6, 6.07) is 10.2. The highest BCUT2D eigenvalue weighted by molar-refractivity contribution is 5.85. The van der Waals surface area contributed by atoms with Gasteiger partial charge in [0.25, 0.3) is 0 Å². The maximum atomic E-state index is 5.60. The molecule has 0 aliphatic carbocycles. The largest absolute Gasteiger partial charge is 0.390 e. The Hall–Kier alpha value is -2.96. The summed E-state index contributed by atoms with van der Waals surface area (Å²) in [5.41, 5.74) is 4.04. The lowest BCUT2D eigenvalue weighted by atomic mass is 10.1. The van der Waals surface area contributed by atoms with Gasteiger partial charge in [-0.25, -0.2) is 14.6 Å². The minimum absolute atomic E-state index is 0.0273. The van der Waals surface area contributed by atoms with Gasteiger partial charge in [0, 0.05) is 18.5 Å². The molecule has 0 fully saturated rings. The van der Waals surface area contributed by atoms with Gasteiger partial charge >= 0.3 is 0 Å². The summed E-state index contributed by atoms with van der Waals surface area (Å²) in [4.78, 5) is 14.8. The molecule has 7 heteroatoms. The third-order valence-corrected chi connectivity index (χ3v) is 4.61. The van der Waals surface area contributed by atoms with E-state index in [-0.39, 0.29) is 6.10 Å². The van der Waals surface area contributed by atoms with Crippen molar-refractivity contribution in [3.63, 3.8) is 0 Å². The summed E-state index contributed by atoms with van der Waals surface area (Å²) >= 11 is 0. The molecule has 0 amide bonds. The lowest BCUT2D eigenvalue weighted by Gasteiger charge is -2.13. The minimum Gasteiger partial charge on any atom is -0.390 e. The number of rotatable bonds is 6. The lowest BCUT2D eigenvalue weighted by Crippen LogP contribution is -2.17. The Morgan fingerprint density at radius 1 is 1.15 bits per heavy atom. The predicted molar refractivity (Wildman–Crippen MR) is 99.6 cm³/mol. The van der Waals surface area contributed by atoms with Crippen molar-refractivity contribution < 1.29 is 4.84 Å². The van der Waals surface area contributed by atoms with Crippen LogP contribution in [0, 0.1) is 0 Å². The first-order valence-electron chi connectivity index (χ1n) is 9.00. The second-order valence-electron chi connectivity index (χ2n) is 6.30. The van der Waals surface area contributed by atoms with Crippen LogP contribution in [0.5, 0.6) is 0 Å². The van der Waals surface area contributed by atoms with Gasteiger partial charge < -0.3 is 9.40 Å². The molecule has 4 rings (SSSR count). The van der Waals surface area contributed by atoms with Gasteiger partial charge in [-0.1, -0.05) is 42.4 Å². The molecule has 2 aromatic heterocycles. The van der Waals surface area contributed by atoms with Gasteiger partial charge in [0.15, 0.2) is 11.9 Å². The summed E-state index contributed by atoms with van der Waals surface area (Å²) < 4.78 is 4.00. The molecule has 1 atom stereocenters. The summed E-state index contributed by atoms with van der Waals surface area (Å²) in [5, 5.41) is 8.51. The fourth-order valence-corrected chi connectivity index (χ4v) is 3.25. The quantitative estimate of drug-likeness (QED) is 0.683. The Labute approximate surface area is 152 Å². The number of nitrogens with zero attached hydrogens (tertiary/aromatic N) is 6. The second kappa shape index (κ2) is 7.11. The molecule has 7 nitrogen and oxygen atoms in total. The zero-order valence-corrected chi connectivity index (χ0v) is 15.0. The molecule has 134 valence electrons. The van der Waals surface area contributed by atoms with Crippen molar-refractivity contribution >= 4 is 5.71 Å². The van der Waals surface area contributed by atoms with E-state index in [4.69, 9.17) is 4.84 Å². The number of aryl methyl sites for hydroxylation is 1. The summed E-state index contributed by atoms with van der Waals surface area (Å²) in [5.74, 6) is 0.818. The van der Waals surface area contributed by atoms with Crippen molar-refractivity contribution in [3.05, 3.63) is 43.0 Å². The van der Waals surface area contributed by atoms with E-state index in [0.717, 1.165) is 47.9 Å². The summed E-state index contributed by atoms with van der Waals surface area (Å²) in [6.45, 7) is 5.59. The molecule has 0 saturated carbocycles. The van der Waals surface area contributed by atoms with Crippen molar-refractivity contribution in [2.45, 2.75) is 45.9 Å². The molecule has 0 radical (unpaired) electrons. The molecule has 0 spiro atoms. The van der Waals surface area contributed by atoms with E-state index in [0.29, 0.717) is 6.54 Å². The number of aromatic nitrogens is 5. The van der Waals surface area contributed by atoms with Crippen LogP contribution in [-0.4, -0.2) is 36.1 Å². The molecule has 0 unspecified atom stereocenters. The minimum atomic E-state index is 0.0273. The summed E-state index contributed by atoms with van der Waals surface area (Å²) in [6.07, 6.45) is 5.26. The van der Waals surface area contributed by atoms with Crippen LogP contribution in [0.3, 0.4) is 0 Å². The Morgan fingerprint density at radius 3 is 2.73 bits per heavy atom. The van der Waals surface area contributed by atoms with Crippen LogP contribution in [-0.2, 0) is 17.9 Å². The number of hydrogen-bond acceptors (Lipinski definition) is 5. The van der Waals surface area contributed by atoms with Gasteiger partial charge in [0.05, 0.1) is 24.3 Å². The van der Waals surface area contributed by atoms with E-state index >= 15 is 0 Å². The first-order valence-corrected chi connectivity index (χ1v) is 9.00. The van der Waals surface area contributed by atoms with Crippen molar-refractivity contribution in [2.24, 2.45) is 5.16 Å². The molecule has 1 aliphatic heterocycles. The van der Waals surface area contributed by atoms with Crippen LogP contribution in [0.4, 0.5) is 0 Å². The van der Waals surface area contributed by atoms with Crippen molar-refractivity contribution in [1.29, 1.82) is 0 Å². The molecule has 3 aromatic rings. The molecule has 1 aromatic carbocycles. The lowest BCUT2D eigenvalue weighted by molar-refractivity contribution is 0.0727. The molecular formula is C19H22N6O. The molecule has 0 N–H and O–H groups in total. The topological polar surface area (TPSA) is 70.1 Å². The Morgan fingerprint density at radius 2 is 2.00 bits per heavy atom. The highest BCUT2D eigenvalue weighted by Crippen LogP contribution is 2.31. The SMILES string of the molecule is CCC1=NO[C@H](Cn2cnc(-c3ccccc3)c2-c2ncnn2CC)C1. The van der Waals surface area contributed by atoms with Crippen LogP contribution in [0.25, 0.3) is 22.8 Å². The van der Waals surface area contributed by atoms with Gasteiger partial charge in [-0.2, -0.15) is 5.10 Å². The number of imidazole rings is 1. The first kappa shape index (κ1) is 16.5. The zero-order valence-electron chi connectivity index (χ0n) is 15.0. The van der Waals surface area contributed by atoms with Gasteiger partial charge in [-0.15, -0.1) is 0 Å². The Balaban J connectivity index is 1.74. The van der Waals surface area contributed by atoms with Crippen LogP contribution in [0.2, 0.25) is 0 Å². The summed E-state index contributed by atoms with van der Waals surface area (Å²) in [7, 11) is 0. The van der Waals surface area contributed by atoms with E-state index in [9.17, 15) is 0 Å². The van der Waals surface area contributed by atoms with E-state index in [1.54, 1.807) is 6.33 Å². The Bertz CT molecular complexity index is 911. The van der Waals surface area contributed by atoms with E-state index < -0.39 is 0 Å². The predicted octanol–water partition coefficient (Wildman–Crippen LogP) is 3.38. The normalized spacial score (nSPS) is 16.5. The maximum Gasteiger partial charge on any atom is 0.177 e. The average Bonchev–Trinajstić information content (AvgIpc) is 3.41. The van der Waals surface area contributed by atoms with Crippen molar-refractivity contribution in [2.75, 3.05) is 0 Å². The Kier molecular flexibility index (Phi) is 4.51. The van der Waals surface area contributed by atoms with Crippen LogP contribution < -0.4 is 0 Å². The molecule has 3 heterocycles. The molecular weight excluding hydrogens is 328 g/mol. The van der Waals surface area contributed by atoms with Crippen LogP contribution >= 0.6 is 0 Å². The highest BCUT2D eigenvalue weighted by Gasteiger charge is 2.25. The third-order valence-electron chi connectivity index (χ3n) is 4.61. The zero-order chi connectivity index (χ0) is 17.9. The van der Waals surface area contributed by atoms with Crippen LogP contribution in [0.1, 0.15) is 26.7 Å². The standard InChI is InChI=1S/C19H22N6O/c1-3-15-10-16(26-23-15)11-24-13-21-17(14-8-6-5-7-9-14)18(24)19-20-12-22-25(19)4-2/h5-9,12-13,16H,3-4,10-11H2,1-2H3/t16-/m0/s1. The number of hydrogen-bond donors (Lipinski definition) is 0. The smallest absolute Gasteiger partial charge is 0.177 e. The van der Waals surface area contributed by atoms with Gasteiger partial charge in [-0.3, -0.25) is 0 Å². The maximum absolute atomic E-state index is 5.60. The fraction of sp³-hybridized carbons (Fsp3) is 0.368. The third kappa shape index (κ3) is 3.00. The van der Waals surface area contributed by atoms with Crippen molar-refractivity contribution in [1.82, 2.24) is 24.3 Å². The average molecular weight is 350 g/mol. The molecule has 0 saturated heterocycles. The molecule has 0 bridgehead atoms. The fourth-order valence-electron chi connectivity index (χ4n) is 3.25. The van der Waals surface area contributed by atoms with Gasteiger partial charge in [0.2, 0.25) is 0 Å². The number of oxime groups is 1. The molecule has 26 heavy (non-hydrogen) atoms. The highest BCUT2D eigenvalue weighted by atomic mass is 16.6. The van der Waals surface area contributed by atoms with E-state index in [1.807, 2.05) is 29.2 Å². The van der Waals surface area contributed by atoms with Gasteiger partial charge in [0.1, 0.15) is 12.0 Å². The van der Waals surface area contributed by atoms with E-state index in [1.165, 1.54) is 0 Å². The molecule has 1 aliphatic rings. The monoisotopic (exact) mass is 350 g/mol.